The largest absolute Gasteiger partial charge is 0.337 e. The van der Waals surface area contributed by atoms with Gasteiger partial charge in [0.1, 0.15) is 17.8 Å². The molecule has 0 unspecified atom stereocenters. The second-order valence-corrected chi connectivity index (χ2v) is 5.75. The molecule has 0 aliphatic carbocycles. The van der Waals surface area contributed by atoms with Gasteiger partial charge in [0.15, 0.2) is 0 Å². The van der Waals surface area contributed by atoms with E-state index in [2.05, 4.69) is 9.05 Å². The molecule has 0 heterocycles. The summed E-state index contributed by atoms with van der Waals surface area (Å²) in [5, 5.41) is 0. The molecule has 1 rings (SSSR count). The molecule has 0 radical (unpaired) electrons. The molecular formula is C11H14FO4P. The first-order chi connectivity index (χ1) is 7.99. The fourth-order valence-corrected chi connectivity index (χ4v) is 2.30. The summed E-state index contributed by atoms with van der Waals surface area (Å²) in [5.41, 5.74) is 0.536. The van der Waals surface area contributed by atoms with Crippen LogP contribution in [0.1, 0.15) is 5.56 Å². The Morgan fingerprint density at radius 1 is 1.35 bits per heavy atom. The summed E-state index contributed by atoms with van der Waals surface area (Å²) in [6.45, 7) is 0. The van der Waals surface area contributed by atoms with Gasteiger partial charge in [-0.3, -0.25) is 9.36 Å². The highest BCUT2D eigenvalue weighted by molar-refractivity contribution is 7.54. The van der Waals surface area contributed by atoms with E-state index >= 15 is 0 Å². The first kappa shape index (κ1) is 14.0. The van der Waals surface area contributed by atoms with Crippen molar-refractivity contribution in [2.45, 2.75) is 6.42 Å². The van der Waals surface area contributed by atoms with Crippen LogP contribution in [-0.2, 0) is 24.8 Å². The van der Waals surface area contributed by atoms with Crippen molar-refractivity contribution >= 4 is 13.4 Å². The summed E-state index contributed by atoms with van der Waals surface area (Å²) in [7, 11) is -0.885. The van der Waals surface area contributed by atoms with Crippen LogP contribution in [0.25, 0.3) is 0 Å². The van der Waals surface area contributed by atoms with E-state index in [9.17, 15) is 13.8 Å². The van der Waals surface area contributed by atoms with E-state index < -0.39 is 13.4 Å². The summed E-state index contributed by atoms with van der Waals surface area (Å²) in [6, 6.07) is 5.71. The Morgan fingerprint density at radius 3 is 2.53 bits per heavy atom. The van der Waals surface area contributed by atoms with E-state index in [1.165, 1.54) is 32.4 Å². The molecule has 0 fully saturated rings. The molecule has 0 bridgehead atoms. The monoisotopic (exact) mass is 260 g/mol. The molecule has 4 nitrogen and oxygen atoms in total. The van der Waals surface area contributed by atoms with Crippen molar-refractivity contribution in [1.29, 1.82) is 0 Å². The quantitative estimate of drug-likeness (QED) is 0.737. The van der Waals surface area contributed by atoms with Gasteiger partial charge in [0.05, 0.1) is 0 Å². The lowest BCUT2D eigenvalue weighted by atomic mass is 10.1. The van der Waals surface area contributed by atoms with E-state index in [-0.39, 0.29) is 18.4 Å². The third-order valence-corrected chi connectivity index (χ3v) is 4.07. The standard InChI is InChI=1S/C11H14FO4P/c1-15-17(14,16-2)8-11(13)7-9-4-3-5-10(12)6-9/h3-6H,7-8H2,1-2H3. The first-order valence-electron chi connectivity index (χ1n) is 4.96. The second-order valence-electron chi connectivity index (χ2n) is 3.48. The number of ketones is 1. The number of Topliss-reactive ketones (excluding diaryl/α,β-unsaturated/α-hetero) is 1. The first-order valence-corrected chi connectivity index (χ1v) is 6.68. The zero-order valence-corrected chi connectivity index (χ0v) is 10.6. The Balaban J connectivity index is 2.64. The Hall–Kier alpha value is -1.03. The summed E-state index contributed by atoms with van der Waals surface area (Å²) in [5.74, 6) is -0.723. The highest BCUT2D eigenvalue weighted by Gasteiger charge is 2.25. The van der Waals surface area contributed by atoms with Gasteiger partial charge in [0, 0.05) is 20.6 Å². The van der Waals surface area contributed by atoms with Gasteiger partial charge >= 0.3 is 7.60 Å². The van der Waals surface area contributed by atoms with Gasteiger partial charge < -0.3 is 9.05 Å². The van der Waals surface area contributed by atoms with Crippen LogP contribution in [0.15, 0.2) is 24.3 Å². The highest BCUT2D eigenvalue weighted by Crippen LogP contribution is 2.46. The normalized spacial score (nSPS) is 11.5. The molecule has 17 heavy (non-hydrogen) atoms. The lowest BCUT2D eigenvalue weighted by Gasteiger charge is -2.12. The average Bonchev–Trinajstić information content (AvgIpc) is 2.28. The van der Waals surface area contributed by atoms with Crippen molar-refractivity contribution < 1.29 is 22.8 Å². The maximum Gasteiger partial charge on any atom is 0.337 e. The SMILES string of the molecule is COP(=O)(CC(=O)Cc1cccc(F)c1)OC. The lowest BCUT2D eigenvalue weighted by Crippen LogP contribution is -2.10. The van der Waals surface area contributed by atoms with E-state index in [1.54, 1.807) is 6.07 Å². The van der Waals surface area contributed by atoms with Crippen LogP contribution in [0.3, 0.4) is 0 Å². The topological polar surface area (TPSA) is 52.6 Å². The van der Waals surface area contributed by atoms with Crippen molar-refractivity contribution in [1.82, 2.24) is 0 Å². The van der Waals surface area contributed by atoms with Crippen LogP contribution in [0.2, 0.25) is 0 Å². The number of hydrogen-bond acceptors (Lipinski definition) is 4. The number of carbonyl (C=O) groups is 1. The maximum absolute atomic E-state index is 12.9. The van der Waals surface area contributed by atoms with Crippen LogP contribution >= 0.6 is 7.60 Å². The molecule has 94 valence electrons. The number of halogens is 1. The summed E-state index contributed by atoms with van der Waals surface area (Å²) in [4.78, 5) is 11.6. The zero-order valence-electron chi connectivity index (χ0n) is 9.68. The zero-order chi connectivity index (χ0) is 12.9. The number of benzene rings is 1. The second kappa shape index (κ2) is 6.05. The van der Waals surface area contributed by atoms with Crippen molar-refractivity contribution in [3.05, 3.63) is 35.6 Å². The highest BCUT2D eigenvalue weighted by atomic mass is 31.2. The third kappa shape index (κ3) is 4.38. The minimum absolute atomic E-state index is 0.00840. The molecule has 0 saturated heterocycles. The molecular weight excluding hydrogens is 246 g/mol. The molecule has 0 saturated carbocycles. The van der Waals surface area contributed by atoms with E-state index in [1.807, 2.05) is 0 Å². The smallest absolute Gasteiger partial charge is 0.312 e. The fourth-order valence-electron chi connectivity index (χ4n) is 1.35. The average molecular weight is 260 g/mol. The molecule has 0 spiro atoms. The number of hydrogen-bond donors (Lipinski definition) is 0. The van der Waals surface area contributed by atoms with Gasteiger partial charge in [-0.15, -0.1) is 0 Å². The molecule has 1 aromatic rings. The van der Waals surface area contributed by atoms with Crippen LogP contribution in [0.5, 0.6) is 0 Å². The van der Waals surface area contributed by atoms with Gasteiger partial charge in [-0.2, -0.15) is 0 Å². The molecule has 0 amide bonds. The predicted molar refractivity (Wildman–Crippen MR) is 61.6 cm³/mol. The summed E-state index contributed by atoms with van der Waals surface area (Å²) < 4.78 is 33.9. The van der Waals surface area contributed by atoms with Crippen LogP contribution in [0.4, 0.5) is 4.39 Å². The Kier molecular flexibility index (Phi) is 5.00. The molecule has 6 heteroatoms. The maximum atomic E-state index is 12.9. The minimum Gasteiger partial charge on any atom is -0.312 e. The molecule has 0 aliphatic heterocycles. The number of carbonyl (C=O) groups excluding carboxylic acids is 1. The van der Waals surface area contributed by atoms with E-state index in [0.29, 0.717) is 5.56 Å². The fraction of sp³-hybridized carbons (Fsp3) is 0.364. The van der Waals surface area contributed by atoms with Gasteiger partial charge in [-0.1, -0.05) is 12.1 Å². The van der Waals surface area contributed by atoms with Crippen LogP contribution < -0.4 is 0 Å². The van der Waals surface area contributed by atoms with Crippen LogP contribution in [-0.4, -0.2) is 26.2 Å². The van der Waals surface area contributed by atoms with Crippen molar-refractivity contribution in [3.8, 4) is 0 Å². The molecule has 0 atom stereocenters. The van der Waals surface area contributed by atoms with Gasteiger partial charge in [-0.05, 0) is 17.7 Å². The molecule has 0 aliphatic rings. The Labute approximate surface area is 99.3 Å². The lowest BCUT2D eigenvalue weighted by molar-refractivity contribution is -0.116. The predicted octanol–water partition coefficient (Wildman–Crippen LogP) is 2.42. The van der Waals surface area contributed by atoms with Crippen LogP contribution in [0, 0.1) is 5.82 Å². The molecule has 0 N–H and O–H groups in total. The van der Waals surface area contributed by atoms with Crippen molar-refractivity contribution in [3.63, 3.8) is 0 Å². The summed E-state index contributed by atoms with van der Waals surface area (Å²) in [6.07, 6.45) is -0.301. The van der Waals surface area contributed by atoms with Gasteiger partial charge in [0.2, 0.25) is 0 Å². The summed E-state index contributed by atoms with van der Waals surface area (Å²) >= 11 is 0. The Morgan fingerprint density at radius 2 is 2.00 bits per heavy atom. The number of rotatable bonds is 6. The minimum atomic E-state index is -3.33. The van der Waals surface area contributed by atoms with Gasteiger partial charge in [-0.25, -0.2) is 4.39 Å². The third-order valence-electron chi connectivity index (χ3n) is 2.22. The Bertz CT molecular complexity index is 439. The van der Waals surface area contributed by atoms with E-state index in [0.717, 1.165) is 0 Å². The van der Waals surface area contributed by atoms with Crippen molar-refractivity contribution in [2.24, 2.45) is 0 Å². The molecule has 1 aromatic carbocycles. The van der Waals surface area contributed by atoms with Gasteiger partial charge in [0.25, 0.3) is 0 Å². The van der Waals surface area contributed by atoms with E-state index in [4.69, 9.17) is 0 Å². The molecule has 0 aromatic heterocycles. The van der Waals surface area contributed by atoms with Crippen molar-refractivity contribution in [2.75, 3.05) is 20.4 Å².